The number of carbonyl (C=O) groups excluding carboxylic acids is 1. The van der Waals surface area contributed by atoms with Gasteiger partial charge in [-0.05, 0) is 49.0 Å². The molecule has 3 unspecified atom stereocenters. The maximum Gasteiger partial charge on any atom is 0.255 e. The first-order valence-electron chi connectivity index (χ1n) is 7.21. The van der Waals surface area contributed by atoms with Crippen LogP contribution in [0, 0.1) is 23.7 Å². The molecule has 19 heavy (non-hydrogen) atoms. The Labute approximate surface area is 114 Å². The second kappa shape index (κ2) is 3.87. The van der Waals surface area contributed by atoms with Crippen LogP contribution < -0.4 is 5.32 Å². The molecule has 3 nitrogen and oxygen atoms in total. The summed E-state index contributed by atoms with van der Waals surface area (Å²) in [6.07, 6.45) is 5.23. The van der Waals surface area contributed by atoms with E-state index in [1.54, 1.807) is 12.3 Å². The number of aryl methyl sites for hydroxylation is 1. The zero-order valence-electron chi connectivity index (χ0n) is 12.2. The average molecular weight is 261 g/mol. The third-order valence-corrected chi connectivity index (χ3v) is 6.20. The monoisotopic (exact) mass is 261 g/mol. The molecule has 3 atom stereocenters. The molecule has 1 amide bonds. The van der Waals surface area contributed by atoms with E-state index in [0.717, 1.165) is 12.3 Å². The normalized spacial score (nSPS) is 35.6. The maximum atomic E-state index is 12.3. The molecule has 1 aromatic rings. The standard InChI is InChI=1S/C16H23NO2/c1-10-12(6-8-19-10)14(18)17-13-9-11-5-7-16(13,4)15(11,2)3/h6,8,11,13H,5,7,9H2,1-4H3,(H,17,18). The molecule has 2 fully saturated rings. The third-order valence-electron chi connectivity index (χ3n) is 6.20. The Morgan fingerprint density at radius 2 is 2.16 bits per heavy atom. The molecule has 0 aromatic carbocycles. The molecule has 2 bridgehead atoms. The number of carbonyl (C=O) groups is 1. The molecule has 0 aliphatic heterocycles. The summed E-state index contributed by atoms with van der Waals surface area (Å²) < 4.78 is 5.22. The Kier molecular flexibility index (Phi) is 2.60. The van der Waals surface area contributed by atoms with E-state index in [0.29, 0.717) is 22.8 Å². The van der Waals surface area contributed by atoms with E-state index in [4.69, 9.17) is 4.42 Å². The SMILES string of the molecule is Cc1occc1C(=O)NC1CC2CCC1(C)C2(C)C. The van der Waals surface area contributed by atoms with Gasteiger partial charge in [-0.1, -0.05) is 20.8 Å². The predicted molar refractivity (Wildman–Crippen MR) is 73.9 cm³/mol. The minimum Gasteiger partial charge on any atom is -0.469 e. The molecule has 0 saturated heterocycles. The lowest BCUT2D eigenvalue weighted by atomic mass is 9.69. The van der Waals surface area contributed by atoms with Crippen LogP contribution in [-0.4, -0.2) is 11.9 Å². The van der Waals surface area contributed by atoms with Crippen molar-refractivity contribution in [1.82, 2.24) is 5.32 Å². The van der Waals surface area contributed by atoms with Gasteiger partial charge in [-0.25, -0.2) is 0 Å². The second-order valence-corrected chi connectivity index (χ2v) is 7.03. The molecule has 104 valence electrons. The fraction of sp³-hybridized carbons (Fsp3) is 0.688. The predicted octanol–water partition coefficient (Wildman–Crippen LogP) is 3.53. The summed E-state index contributed by atoms with van der Waals surface area (Å²) in [6, 6.07) is 2.05. The highest BCUT2D eigenvalue weighted by molar-refractivity contribution is 5.95. The van der Waals surface area contributed by atoms with Crippen molar-refractivity contribution in [3.05, 3.63) is 23.7 Å². The molecule has 2 saturated carbocycles. The van der Waals surface area contributed by atoms with E-state index in [9.17, 15) is 4.79 Å². The van der Waals surface area contributed by atoms with Gasteiger partial charge in [-0.3, -0.25) is 4.79 Å². The molecule has 2 aliphatic rings. The quantitative estimate of drug-likeness (QED) is 0.885. The summed E-state index contributed by atoms with van der Waals surface area (Å²) in [5.41, 5.74) is 1.23. The van der Waals surface area contributed by atoms with Gasteiger partial charge in [0.1, 0.15) is 5.76 Å². The van der Waals surface area contributed by atoms with Crippen LogP contribution in [0.25, 0.3) is 0 Å². The van der Waals surface area contributed by atoms with E-state index >= 15 is 0 Å². The van der Waals surface area contributed by atoms with Crippen molar-refractivity contribution >= 4 is 5.91 Å². The molecule has 3 rings (SSSR count). The summed E-state index contributed by atoms with van der Waals surface area (Å²) in [4.78, 5) is 12.3. The maximum absolute atomic E-state index is 12.3. The van der Waals surface area contributed by atoms with Crippen LogP contribution >= 0.6 is 0 Å². The lowest BCUT2D eigenvalue weighted by Gasteiger charge is -2.39. The van der Waals surface area contributed by atoms with Crippen LogP contribution in [0.5, 0.6) is 0 Å². The van der Waals surface area contributed by atoms with Crippen LogP contribution in [0.1, 0.15) is 56.2 Å². The molecule has 0 radical (unpaired) electrons. The van der Waals surface area contributed by atoms with Gasteiger partial charge in [-0.15, -0.1) is 0 Å². The Bertz CT molecular complexity index is 517. The molecule has 0 spiro atoms. The fourth-order valence-electron chi connectivity index (χ4n) is 4.28. The van der Waals surface area contributed by atoms with E-state index in [2.05, 4.69) is 26.1 Å². The van der Waals surface area contributed by atoms with E-state index in [1.165, 1.54) is 12.8 Å². The highest BCUT2D eigenvalue weighted by Crippen LogP contribution is 2.65. The van der Waals surface area contributed by atoms with Crippen molar-refractivity contribution in [2.24, 2.45) is 16.7 Å². The summed E-state index contributed by atoms with van der Waals surface area (Å²) in [5, 5.41) is 3.25. The van der Waals surface area contributed by atoms with E-state index in [-0.39, 0.29) is 11.3 Å². The van der Waals surface area contributed by atoms with Gasteiger partial charge in [-0.2, -0.15) is 0 Å². The van der Waals surface area contributed by atoms with Crippen LogP contribution in [0.3, 0.4) is 0 Å². The molecule has 2 aliphatic carbocycles. The zero-order valence-corrected chi connectivity index (χ0v) is 12.2. The first kappa shape index (κ1) is 12.8. The molecule has 3 heteroatoms. The number of nitrogens with one attached hydrogen (secondary N) is 1. The zero-order chi connectivity index (χ0) is 13.8. The summed E-state index contributed by atoms with van der Waals surface area (Å²) in [6.45, 7) is 8.90. The molecular formula is C16H23NO2. The summed E-state index contributed by atoms with van der Waals surface area (Å²) in [5.74, 6) is 1.46. The molecule has 1 aromatic heterocycles. The van der Waals surface area contributed by atoms with Crippen LogP contribution in [0.4, 0.5) is 0 Å². The second-order valence-electron chi connectivity index (χ2n) is 7.03. The van der Waals surface area contributed by atoms with Gasteiger partial charge in [0.15, 0.2) is 0 Å². The Morgan fingerprint density at radius 3 is 2.63 bits per heavy atom. The Morgan fingerprint density at radius 1 is 1.42 bits per heavy atom. The molecular weight excluding hydrogens is 238 g/mol. The van der Waals surface area contributed by atoms with Crippen molar-refractivity contribution < 1.29 is 9.21 Å². The van der Waals surface area contributed by atoms with E-state index < -0.39 is 0 Å². The minimum atomic E-state index is 0.0147. The number of amides is 1. The molecule has 1 N–H and O–H groups in total. The lowest BCUT2D eigenvalue weighted by molar-refractivity contribution is 0.0825. The Hall–Kier alpha value is -1.25. The first-order chi connectivity index (χ1) is 8.86. The number of rotatable bonds is 2. The van der Waals surface area contributed by atoms with Crippen LogP contribution in [0.15, 0.2) is 16.7 Å². The highest BCUT2D eigenvalue weighted by Gasteiger charge is 2.61. The van der Waals surface area contributed by atoms with E-state index in [1.807, 2.05) is 6.92 Å². The number of hydrogen-bond acceptors (Lipinski definition) is 2. The summed E-state index contributed by atoms with van der Waals surface area (Å²) >= 11 is 0. The van der Waals surface area contributed by atoms with Crippen molar-refractivity contribution in [1.29, 1.82) is 0 Å². The molecule has 1 heterocycles. The number of hydrogen-bond donors (Lipinski definition) is 1. The third kappa shape index (κ3) is 1.60. The minimum absolute atomic E-state index is 0.0147. The number of furan rings is 1. The highest BCUT2D eigenvalue weighted by atomic mass is 16.3. The van der Waals surface area contributed by atoms with Gasteiger partial charge < -0.3 is 9.73 Å². The van der Waals surface area contributed by atoms with Crippen LogP contribution in [-0.2, 0) is 0 Å². The van der Waals surface area contributed by atoms with Gasteiger partial charge in [0.05, 0.1) is 11.8 Å². The fourth-order valence-corrected chi connectivity index (χ4v) is 4.28. The smallest absolute Gasteiger partial charge is 0.255 e. The van der Waals surface area contributed by atoms with Crippen LogP contribution in [0.2, 0.25) is 0 Å². The van der Waals surface area contributed by atoms with Gasteiger partial charge in [0.2, 0.25) is 0 Å². The average Bonchev–Trinajstić information content (AvgIpc) is 2.90. The summed E-state index contributed by atoms with van der Waals surface area (Å²) in [7, 11) is 0. The largest absolute Gasteiger partial charge is 0.469 e. The van der Waals surface area contributed by atoms with Crippen molar-refractivity contribution in [2.45, 2.75) is 53.0 Å². The van der Waals surface area contributed by atoms with Crippen molar-refractivity contribution in [3.8, 4) is 0 Å². The van der Waals surface area contributed by atoms with Gasteiger partial charge in [0, 0.05) is 6.04 Å². The van der Waals surface area contributed by atoms with Gasteiger partial charge in [0.25, 0.3) is 5.91 Å². The number of fused-ring (bicyclic) bond motifs is 2. The van der Waals surface area contributed by atoms with Crippen molar-refractivity contribution in [2.75, 3.05) is 0 Å². The lowest BCUT2D eigenvalue weighted by Crippen LogP contribution is -2.46. The topological polar surface area (TPSA) is 42.2 Å². The van der Waals surface area contributed by atoms with Crippen molar-refractivity contribution in [3.63, 3.8) is 0 Å². The first-order valence-corrected chi connectivity index (χ1v) is 7.21. The van der Waals surface area contributed by atoms with Gasteiger partial charge >= 0.3 is 0 Å². The Balaban J connectivity index is 1.79.